The normalized spacial score (nSPS) is 28.5. The van der Waals surface area contributed by atoms with Gasteiger partial charge in [0, 0.05) is 61.5 Å². The Morgan fingerprint density at radius 1 is 1.47 bits per heavy atom. The fraction of sp³-hybridized carbons (Fsp3) is 0.714. The minimum Gasteiger partial charge on any atom is -0.339 e. The van der Waals surface area contributed by atoms with E-state index in [4.69, 9.17) is 0 Å². The molecule has 1 rings (SSSR count). The van der Waals surface area contributed by atoms with Gasteiger partial charge in [-0.05, 0) is 25.7 Å². The summed E-state index contributed by atoms with van der Waals surface area (Å²) < 4.78 is 23.3. The Balaban J connectivity index is 0.00000324. The second-order valence-electron chi connectivity index (χ2n) is 5.30. The molecule has 1 aliphatic carbocycles. The van der Waals surface area contributed by atoms with Gasteiger partial charge in [-0.25, -0.2) is 8.42 Å². The van der Waals surface area contributed by atoms with Crippen molar-refractivity contribution >= 4 is 15.6 Å². The first kappa shape index (κ1) is 19.8. The molecule has 107 valence electrons. The Hall–Kier alpha value is 0.802. The van der Waals surface area contributed by atoms with Crippen LogP contribution in [0.4, 0.5) is 0 Å². The molecule has 0 aliphatic heterocycles. The number of hydrogen-bond donors (Lipinski definition) is 0. The maximum atomic E-state index is 11.6. The van der Waals surface area contributed by atoms with E-state index in [1.165, 1.54) is 0 Å². The minimum absolute atomic E-state index is 0. The number of hydrogen-bond acceptors (Lipinski definition) is 3. The number of carbonyl (C=O) groups excluding carboxylic acids is 1. The Morgan fingerprint density at radius 3 is 2.47 bits per heavy atom. The van der Waals surface area contributed by atoms with Crippen LogP contribution >= 0.6 is 0 Å². The maximum absolute atomic E-state index is 11.6. The molecule has 3 nitrogen and oxygen atoms in total. The van der Waals surface area contributed by atoms with Gasteiger partial charge in [0.05, 0.1) is 0 Å². The smallest absolute Gasteiger partial charge is 0.147 e. The fourth-order valence-electron chi connectivity index (χ4n) is 2.82. The fourth-order valence-corrected chi connectivity index (χ4v) is 3.95. The molecule has 1 saturated carbocycles. The summed E-state index contributed by atoms with van der Waals surface area (Å²) in [7, 11) is -3.01. The van der Waals surface area contributed by atoms with Crippen molar-refractivity contribution in [3.8, 4) is 0 Å². The topological polar surface area (TPSA) is 51.2 Å². The standard InChI is InChI=1S/C14H23O3S.Ac/c1-5-12-7-13(11(4)15)8-14(12)10(3)9-18(16,17)6-2;/h5,10,12-14H,1,3,6-9H2,2,4H3;/q-1;/t10-,12+,13-,14-;/m0./s1. The zero-order valence-electron chi connectivity index (χ0n) is 11.8. The van der Waals surface area contributed by atoms with Gasteiger partial charge in [-0.1, -0.05) is 18.9 Å². The van der Waals surface area contributed by atoms with Crippen LogP contribution in [0.2, 0.25) is 0 Å². The molecule has 0 amide bonds. The molecule has 5 heteroatoms. The first-order valence-corrected chi connectivity index (χ1v) is 8.29. The van der Waals surface area contributed by atoms with E-state index in [0.29, 0.717) is 0 Å². The van der Waals surface area contributed by atoms with E-state index in [2.05, 4.69) is 13.5 Å². The number of sulfone groups is 1. The van der Waals surface area contributed by atoms with Crippen molar-refractivity contribution in [3.63, 3.8) is 0 Å². The third kappa shape index (κ3) is 5.59. The van der Waals surface area contributed by atoms with Gasteiger partial charge >= 0.3 is 0 Å². The average Bonchev–Trinajstić information content (AvgIpc) is 2.72. The number of Topliss-reactive ketones (excluding diaryl/α,β-unsaturated/α-hetero) is 1. The van der Waals surface area contributed by atoms with Gasteiger partial charge in [-0.3, -0.25) is 4.79 Å². The quantitative estimate of drug-likeness (QED) is 0.417. The molecule has 19 heavy (non-hydrogen) atoms. The molecule has 1 fully saturated rings. The van der Waals surface area contributed by atoms with Gasteiger partial charge in [0.25, 0.3) is 0 Å². The molecule has 0 aromatic rings. The van der Waals surface area contributed by atoms with E-state index in [1.807, 2.05) is 6.08 Å². The van der Waals surface area contributed by atoms with Crippen molar-refractivity contribution in [3.05, 3.63) is 19.6 Å². The van der Waals surface area contributed by atoms with E-state index in [0.717, 1.165) is 12.8 Å². The van der Waals surface area contributed by atoms with Crippen LogP contribution in [0.15, 0.2) is 12.7 Å². The number of ketones is 1. The van der Waals surface area contributed by atoms with Gasteiger partial charge in [0.2, 0.25) is 0 Å². The van der Waals surface area contributed by atoms with E-state index >= 15 is 0 Å². The zero-order chi connectivity index (χ0) is 13.9. The van der Waals surface area contributed by atoms with Gasteiger partial charge in [0.1, 0.15) is 15.6 Å². The largest absolute Gasteiger partial charge is 0.339 e. The summed E-state index contributed by atoms with van der Waals surface area (Å²) in [6, 6.07) is 0. The molecular formula is C14H23AcO3S-. The summed E-state index contributed by atoms with van der Waals surface area (Å²) in [4.78, 5) is 11.4. The predicted octanol–water partition coefficient (Wildman–Crippen LogP) is 2.29. The van der Waals surface area contributed by atoms with E-state index in [1.54, 1.807) is 13.8 Å². The second-order valence-corrected chi connectivity index (χ2v) is 7.70. The molecule has 0 aromatic heterocycles. The summed E-state index contributed by atoms with van der Waals surface area (Å²) >= 11 is 0. The summed E-state index contributed by atoms with van der Waals surface area (Å²) in [5, 5.41) is 0. The maximum Gasteiger partial charge on any atom is 0.147 e. The Morgan fingerprint density at radius 2 is 2.05 bits per heavy atom. The van der Waals surface area contributed by atoms with Crippen LogP contribution in [-0.4, -0.2) is 25.7 Å². The van der Waals surface area contributed by atoms with Gasteiger partial charge in [0.15, 0.2) is 0 Å². The van der Waals surface area contributed by atoms with E-state index in [-0.39, 0.29) is 85.0 Å². The van der Waals surface area contributed by atoms with Crippen LogP contribution in [0.3, 0.4) is 0 Å². The number of carbonyl (C=O) groups is 1. The van der Waals surface area contributed by atoms with Crippen LogP contribution in [0, 0.1) is 74.7 Å². The second kappa shape index (κ2) is 8.29. The van der Waals surface area contributed by atoms with Crippen molar-refractivity contribution in [2.24, 2.45) is 23.7 Å². The first-order chi connectivity index (χ1) is 8.30. The Bertz CT molecular complexity index is 416. The van der Waals surface area contributed by atoms with Crippen LogP contribution in [-0.2, 0) is 14.6 Å². The molecule has 1 radical (unpaired) electrons. The SMILES string of the molecule is C=C[C@@H]1C[C@H](C(C)=O)C[C@H]1[C@@H]([CH2-])CS(=O)(=O)CC.[Ac]. The molecule has 4 atom stereocenters. The van der Waals surface area contributed by atoms with Crippen molar-refractivity contribution < 1.29 is 57.3 Å². The van der Waals surface area contributed by atoms with Crippen molar-refractivity contribution in [1.82, 2.24) is 0 Å². The molecule has 0 saturated heterocycles. The van der Waals surface area contributed by atoms with E-state index < -0.39 is 9.84 Å². The van der Waals surface area contributed by atoms with Gasteiger partial charge in [-0.2, -0.15) is 5.92 Å². The first-order valence-electron chi connectivity index (χ1n) is 6.47. The van der Waals surface area contributed by atoms with Crippen molar-refractivity contribution in [2.45, 2.75) is 26.7 Å². The van der Waals surface area contributed by atoms with Crippen molar-refractivity contribution in [1.29, 1.82) is 0 Å². The molecule has 0 N–H and O–H groups in total. The van der Waals surface area contributed by atoms with E-state index in [9.17, 15) is 13.2 Å². The monoisotopic (exact) mass is 498 g/mol. The summed E-state index contributed by atoms with van der Waals surface area (Å²) in [6.45, 7) is 11.1. The zero-order valence-corrected chi connectivity index (χ0v) is 17.4. The summed E-state index contributed by atoms with van der Waals surface area (Å²) in [6.07, 6.45) is 3.39. The van der Waals surface area contributed by atoms with Crippen LogP contribution in [0.5, 0.6) is 0 Å². The minimum atomic E-state index is -3.01. The third-order valence-electron chi connectivity index (χ3n) is 4.05. The molecular weight excluding hydrogens is 475 g/mol. The number of allylic oxidation sites excluding steroid dienone is 1. The predicted molar refractivity (Wildman–Crippen MR) is 73.8 cm³/mol. The van der Waals surface area contributed by atoms with Crippen LogP contribution < -0.4 is 0 Å². The van der Waals surface area contributed by atoms with Crippen molar-refractivity contribution in [2.75, 3.05) is 11.5 Å². The third-order valence-corrected chi connectivity index (χ3v) is 5.87. The van der Waals surface area contributed by atoms with Crippen LogP contribution in [0.1, 0.15) is 26.7 Å². The van der Waals surface area contributed by atoms with Gasteiger partial charge in [-0.15, -0.1) is 6.58 Å². The Labute approximate surface area is 153 Å². The Kier molecular flexibility index (Phi) is 8.64. The summed E-state index contributed by atoms with van der Waals surface area (Å²) in [5.74, 6) is 0.735. The average molecular weight is 498 g/mol. The van der Waals surface area contributed by atoms with Crippen LogP contribution in [0.25, 0.3) is 0 Å². The molecule has 0 spiro atoms. The number of rotatable bonds is 6. The van der Waals surface area contributed by atoms with Gasteiger partial charge < -0.3 is 6.92 Å². The molecule has 0 bridgehead atoms. The molecule has 0 unspecified atom stereocenters. The summed E-state index contributed by atoms with van der Waals surface area (Å²) in [5.41, 5.74) is 0. The molecule has 1 aliphatic rings. The molecule has 0 heterocycles. The molecule has 0 aromatic carbocycles.